The molecule has 1 aromatic carbocycles. The molecule has 0 amide bonds. The standard InChI is InChI=1S/C10H11FO2/c1-10(2,6-12)7-4-3-5-8(11)9(7)13/h3-6,13H,1-2H3. The smallest absolute Gasteiger partial charge is 0.165 e. The summed E-state index contributed by atoms with van der Waals surface area (Å²) in [6, 6.07) is 4.15. The van der Waals surface area contributed by atoms with E-state index in [1.807, 2.05) is 0 Å². The molecular formula is C10H11FO2. The van der Waals surface area contributed by atoms with Crippen molar-refractivity contribution in [1.29, 1.82) is 0 Å². The number of carbonyl (C=O) groups excluding carboxylic acids is 1. The van der Waals surface area contributed by atoms with E-state index in [4.69, 9.17) is 0 Å². The van der Waals surface area contributed by atoms with Gasteiger partial charge in [-0.1, -0.05) is 12.1 Å². The molecular weight excluding hydrogens is 171 g/mol. The number of aromatic hydroxyl groups is 1. The summed E-state index contributed by atoms with van der Waals surface area (Å²) < 4.78 is 12.9. The van der Waals surface area contributed by atoms with Gasteiger partial charge in [-0.15, -0.1) is 0 Å². The first-order chi connectivity index (χ1) is 5.99. The highest BCUT2D eigenvalue weighted by Gasteiger charge is 2.24. The first kappa shape index (κ1) is 9.71. The van der Waals surface area contributed by atoms with Crippen molar-refractivity contribution in [1.82, 2.24) is 0 Å². The number of para-hydroxylation sites is 1. The third-order valence-corrected chi connectivity index (χ3v) is 1.98. The summed E-state index contributed by atoms with van der Waals surface area (Å²) in [6.07, 6.45) is 0.682. The Hall–Kier alpha value is -1.38. The largest absolute Gasteiger partial charge is 0.505 e. The van der Waals surface area contributed by atoms with Crippen LogP contribution in [0, 0.1) is 5.82 Å². The van der Waals surface area contributed by atoms with Crippen LogP contribution in [0.15, 0.2) is 18.2 Å². The monoisotopic (exact) mass is 182 g/mol. The second-order valence-electron chi connectivity index (χ2n) is 3.48. The van der Waals surface area contributed by atoms with Gasteiger partial charge >= 0.3 is 0 Å². The van der Waals surface area contributed by atoms with Crippen LogP contribution >= 0.6 is 0 Å². The molecule has 1 N–H and O–H groups in total. The van der Waals surface area contributed by atoms with E-state index in [1.54, 1.807) is 13.8 Å². The van der Waals surface area contributed by atoms with Gasteiger partial charge in [-0.25, -0.2) is 4.39 Å². The first-order valence-electron chi connectivity index (χ1n) is 3.93. The fourth-order valence-electron chi connectivity index (χ4n) is 1.10. The second-order valence-corrected chi connectivity index (χ2v) is 3.48. The number of phenols is 1. The lowest BCUT2D eigenvalue weighted by molar-refractivity contribution is -0.111. The van der Waals surface area contributed by atoms with Gasteiger partial charge in [0.25, 0.3) is 0 Å². The van der Waals surface area contributed by atoms with Crippen LogP contribution in [0.25, 0.3) is 0 Å². The van der Waals surface area contributed by atoms with Gasteiger partial charge in [-0.05, 0) is 19.9 Å². The molecule has 1 rings (SSSR count). The predicted octanol–water partition coefficient (Wildman–Crippen LogP) is 2.01. The maximum absolute atomic E-state index is 12.9. The van der Waals surface area contributed by atoms with E-state index < -0.39 is 17.0 Å². The molecule has 0 bridgehead atoms. The summed E-state index contributed by atoms with van der Waals surface area (Å²) in [7, 11) is 0. The molecule has 70 valence electrons. The summed E-state index contributed by atoms with van der Waals surface area (Å²) in [6.45, 7) is 3.24. The zero-order valence-corrected chi connectivity index (χ0v) is 7.54. The van der Waals surface area contributed by atoms with Crippen LogP contribution in [0.5, 0.6) is 5.75 Å². The van der Waals surface area contributed by atoms with Crippen LogP contribution < -0.4 is 0 Å². The van der Waals surface area contributed by atoms with Gasteiger partial charge in [0.2, 0.25) is 0 Å². The van der Waals surface area contributed by atoms with Gasteiger partial charge in [0.1, 0.15) is 6.29 Å². The van der Waals surface area contributed by atoms with Crippen molar-refractivity contribution in [2.45, 2.75) is 19.3 Å². The Bertz CT molecular complexity index is 332. The fraction of sp³-hybridized carbons (Fsp3) is 0.300. The lowest BCUT2D eigenvalue weighted by atomic mass is 9.85. The van der Waals surface area contributed by atoms with Crippen LogP contribution in [-0.2, 0) is 10.2 Å². The summed E-state index contributed by atoms with van der Waals surface area (Å²) in [5, 5.41) is 9.33. The summed E-state index contributed by atoms with van der Waals surface area (Å²) in [5.74, 6) is -1.15. The van der Waals surface area contributed by atoms with Crippen LogP contribution in [0.4, 0.5) is 4.39 Å². The first-order valence-corrected chi connectivity index (χ1v) is 3.93. The zero-order valence-electron chi connectivity index (χ0n) is 7.54. The zero-order chi connectivity index (χ0) is 10.1. The molecule has 0 unspecified atom stereocenters. The van der Waals surface area contributed by atoms with Gasteiger partial charge < -0.3 is 9.90 Å². The van der Waals surface area contributed by atoms with E-state index in [2.05, 4.69) is 0 Å². The van der Waals surface area contributed by atoms with Crippen molar-refractivity contribution in [3.05, 3.63) is 29.6 Å². The molecule has 1 aromatic rings. The Morgan fingerprint density at radius 2 is 2.08 bits per heavy atom. The third-order valence-electron chi connectivity index (χ3n) is 1.98. The van der Waals surface area contributed by atoms with Gasteiger partial charge in [-0.2, -0.15) is 0 Å². The topological polar surface area (TPSA) is 37.3 Å². The molecule has 2 nitrogen and oxygen atoms in total. The minimum absolute atomic E-state index is 0.308. The van der Waals surface area contributed by atoms with E-state index in [0.717, 1.165) is 6.07 Å². The summed E-state index contributed by atoms with van der Waals surface area (Å²) in [4.78, 5) is 10.7. The van der Waals surface area contributed by atoms with E-state index in [9.17, 15) is 14.3 Å². The van der Waals surface area contributed by atoms with Crippen LogP contribution in [0.1, 0.15) is 19.4 Å². The predicted molar refractivity (Wildman–Crippen MR) is 47.2 cm³/mol. The highest BCUT2D eigenvalue weighted by Crippen LogP contribution is 2.30. The lowest BCUT2D eigenvalue weighted by Crippen LogP contribution is -2.19. The Balaban J connectivity index is 3.30. The molecule has 0 aromatic heterocycles. The van der Waals surface area contributed by atoms with Crippen molar-refractivity contribution < 1.29 is 14.3 Å². The normalized spacial score (nSPS) is 11.3. The number of benzene rings is 1. The van der Waals surface area contributed by atoms with Crippen molar-refractivity contribution in [2.75, 3.05) is 0 Å². The number of halogens is 1. The maximum Gasteiger partial charge on any atom is 0.165 e. The number of aldehydes is 1. The highest BCUT2D eigenvalue weighted by molar-refractivity contribution is 5.69. The average molecular weight is 182 g/mol. The molecule has 0 aliphatic carbocycles. The lowest BCUT2D eigenvalue weighted by Gasteiger charge is -2.18. The molecule has 0 saturated carbocycles. The average Bonchev–Trinajstić information content (AvgIpc) is 2.09. The molecule has 0 spiro atoms. The van der Waals surface area contributed by atoms with E-state index >= 15 is 0 Å². The molecule has 0 radical (unpaired) electrons. The number of hydrogen-bond acceptors (Lipinski definition) is 2. The Labute approximate surface area is 76.0 Å². The van der Waals surface area contributed by atoms with Crippen LogP contribution in [0.2, 0.25) is 0 Å². The molecule has 0 atom stereocenters. The third kappa shape index (κ3) is 1.69. The van der Waals surface area contributed by atoms with E-state index in [1.165, 1.54) is 12.1 Å². The van der Waals surface area contributed by atoms with Crippen LogP contribution in [-0.4, -0.2) is 11.4 Å². The maximum atomic E-state index is 12.9. The molecule has 0 aliphatic heterocycles. The number of hydrogen-bond donors (Lipinski definition) is 1. The minimum atomic E-state index is -0.855. The molecule has 3 heteroatoms. The molecule has 0 heterocycles. The highest BCUT2D eigenvalue weighted by atomic mass is 19.1. The van der Waals surface area contributed by atoms with E-state index in [-0.39, 0.29) is 0 Å². The SMILES string of the molecule is CC(C)(C=O)c1cccc(F)c1O. The molecule has 13 heavy (non-hydrogen) atoms. The van der Waals surface area contributed by atoms with Gasteiger partial charge in [0.15, 0.2) is 11.6 Å². The van der Waals surface area contributed by atoms with Crippen molar-refractivity contribution in [3.8, 4) is 5.75 Å². The van der Waals surface area contributed by atoms with Gasteiger partial charge in [0.05, 0.1) is 0 Å². The Morgan fingerprint density at radius 3 is 2.62 bits per heavy atom. The van der Waals surface area contributed by atoms with Crippen molar-refractivity contribution in [3.63, 3.8) is 0 Å². The van der Waals surface area contributed by atoms with E-state index in [0.29, 0.717) is 11.8 Å². The molecule has 0 fully saturated rings. The minimum Gasteiger partial charge on any atom is -0.505 e. The summed E-state index contributed by atoms with van der Waals surface area (Å²) in [5.41, 5.74) is -0.547. The van der Waals surface area contributed by atoms with Gasteiger partial charge in [0, 0.05) is 11.0 Å². The summed E-state index contributed by atoms with van der Waals surface area (Å²) >= 11 is 0. The number of rotatable bonds is 2. The van der Waals surface area contributed by atoms with Gasteiger partial charge in [-0.3, -0.25) is 0 Å². The van der Waals surface area contributed by atoms with Crippen molar-refractivity contribution in [2.24, 2.45) is 0 Å². The van der Waals surface area contributed by atoms with Crippen LogP contribution in [0.3, 0.4) is 0 Å². The number of carbonyl (C=O) groups is 1. The number of phenolic OH excluding ortho intramolecular Hbond substituents is 1. The Kier molecular flexibility index (Phi) is 2.36. The fourth-order valence-corrected chi connectivity index (χ4v) is 1.10. The molecule has 0 saturated heterocycles. The quantitative estimate of drug-likeness (QED) is 0.710. The second kappa shape index (κ2) is 3.17. The van der Waals surface area contributed by atoms with Crippen molar-refractivity contribution >= 4 is 6.29 Å². The Morgan fingerprint density at radius 1 is 1.46 bits per heavy atom. The molecule has 0 aliphatic rings.